The van der Waals surface area contributed by atoms with Crippen molar-refractivity contribution in [3.63, 3.8) is 0 Å². The average Bonchev–Trinajstić information content (AvgIpc) is 3.61. The molecule has 208 valence electrons. The molecule has 2 heterocycles. The Kier molecular flexibility index (Phi) is 7.38. The van der Waals surface area contributed by atoms with Crippen molar-refractivity contribution < 1.29 is 4.57 Å². The average molecular weight is 575 g/mol. The third-order valence-electron chi connectivity index (χ3n) is 8.70. The van der Waals surface area contributed by atoms with Crippen molar-refractivity contribution in [2.24, 2.45) is 0 Å². The van der Waals surface area contributed by atoms with Crippen molar-refractivity contribution >= 4 is 47.2 Å². The number of fused-ring (bicyclic) bond motifs is 1. The van der Waals surface area contributed by atoms with Gasteiger partial charge in [0.05, 0.1) is 23.4 Å². The van der Waals surface area contributed by atoms with Gasteiger partial charge >= 0.3 is 0 Å². The SMILES string of the molecule is CP(C)(=O)c1cc(C2(C#N)CC2)ccc1Nc1nc(Nc2ccc3c(c2)CCC(N2CCCC2)CC3)ncc1Cl. The lowest BCUT2D eigenvalue weighted by molar-refractivity contribution is 0.222. The van der Waals surface area contributed by atoms with Gasteiger partial charge in [-0.1, -0.05) is 23.7 Å². The van der Waals surface area contributed by atoms with Crippen LogP contribution in [0.25, 0.3) is 0 Å². The van der Waals surface area contributed by atoms with Crippen LogP contribution in [0.4, 0.5) is 23.1 Å². The number of nitrogens with one attached hydrogen (secondary N) is 2. The molecule has 1 saturated carbocycles. The van der Waals surface area contributed by atoms with Crippen molar-refractivity contribution in [2.45, 2.75) is 62.8 Å². The van der Waals surface area contributed by atoms with Crippen LogP contribution in [0.1, 0.15) is 55.2 Å². The largest absolute Gasteiger partial charge is 0.338 e. The third-order valence-corrected chi connectivity index (χ3v) is 10.5. The molecule has 0 amide bonds. The van der Waals surface area contributed by atoms with E-state index in [1.54, 1.807) is 19.5 Å². The van der Waals surface area contributed by atoms with Crippen LogP contribution in [0, 0.1) is 11.3 Å². The standard InChI is InChI=1S/C31H36ClN6OP/c1-40(2,39)28-18-23(31(20-33)13-14-31)8-12-27(28)36-29-26(32)19-34-30(37-29)35-24-9-5-21-6-10-25(11-7-22(21)17-24)38-15-3-4-16-38/h5,8-9,12,17-19,25H,3-4,6-7,10-11,13-16H2,1-2H3,(H2,34,35,36,37). The summed E-state index contributed by atoms with van der Waals surface area (Å²) in [6.45, 7) is 5.98. The predicted octanol–water partition coefficient (Wildman–Crippen LogP) is 6.76. The summed E-state index contributed by atoms with van der Waals surface area (Å²) in [5.41, 5.74) is 4.94. The molecule has 2 aliphatic carbocycles. The molecule has 2 N–H and O–H groups in total. The van der Waals surface area contributed by atoms with Crippen LogP contribution < -0.4 is 15.9 Å². The van der Waals surface area contributed by atoms with Crippen LogP contribution in [-0.4, -0.2) is 47.3 Å². The summed E-state index contributed by atoms with van der Waals surface area (Å²) in [6.07, 6.45) is 10.6. The van der Waals surface area contributed by atoms with E-state index >= 15 is 0 Å². The zero-order valence-electron chi connectivity index (χ0n) is 23.2. The zero-order valence-corrected chi connectivity index (χ0v) is 24.9. The molecule has 3 aromatic rings. The Morgan fingerprint density at radius 1 is 1.05 bits per heavy atom. The minimum absolute atomic E-state index is 0.369. The van der Waals surface area contributed by atoms with Crippen LogP contribution in [0.2, 0.25) is 5.02 Å². The van der Waals surface area contributed by atoms with Crippen molar-refractivity contribution in [3.05, 3.63) is 64.3 Å². The van der Waals surface area contributed by atoms with Crippen LogP contribution >= 0.6 is 18.7 Å². The van der Waals surface area contributed by atoms with Gasteiger partial charge in [-0.2, -0.15) is 10.2 Å². The number of hydrogen-bond donors (Lipinski definition) is 2. The Labute approximate surface area is 241 Å². The summed E-state index contributed by atoms with van der Waals surface area (Å²) >= 11 is 6.50. The monoisotopic (exact) mass is 574 g/mol. The maximum atomic E-state index is 13.2. The number of aromatic nitrogens is 2. The third kappa shape index (κ3) is 5.63. The minimum Gasteiger partial charge on any atom is -0.338 e. The maximum Gasteiger partial charge on any atom is 0.229 e. The summed E-state index contributed by atoms with van der Waals surface area (Å²) in [5.74, 6) is 0.873. The van der Waals surface area contributed by atoms with E-state index in [2.05, 4.69) is 49.8 Å². The lowest BCUT2D eigenvalue weighted by atomic mass is 9.97. The van der Waals surface area contributed by atoms with Crippen LogP contribution in [0.5, 0.6) is 0 Å². The van der Waals surface area contributed by atoms with Gasteiger partial charge < -0.3 is 20.1 Å². The smallest absolute Gasteiger partial charge is 0.229 e. The highest BCUT2D eigenvalue weighted by Crippen LogP contribution is 2.49. The van der Waals surface area contributed by atoms with Gasteiger partial charge in [0.15, 0.2) is 5.82 Å². The molecule has 2 aromatic carbocycles. The minimum atomic E-state index is -2.66. The van der Waals surface area contributed by atoms with E-state index in [1.807, 2.05) is 18.2 Å². The molecular formula is C31H36ClN6OP. The molecular weight excluding hydrogens is 539 g/mol. The van der Waals surface area contributed by atoms with Gasteiger partial charge in [0, 0.05) is 17.0 Å². The van der Waals surface area contributed by atoms with Crippen molar-refractivity contribution in [1.82, 2.24) is 14.9 Å². The van der Waals surface area contributed by atoms with Crippen molar-refractivity contribution in [3.8, 4) is 6.07 Å². The zero-order chi connectivity index (χ0) is 27.9. The highest BCUT2D eigenvalue weighted by Gasteiger charge is 2.45. The quantitative estimate of drug-likeness (QED) is 0.238. The lowest BCUT2D eigenvalue weighted by Crippen LogP contribution is -2.32. The number of nitriles is 1. The summed E-state index contributed by atoms with van der Waals surface area (Å²) in [4.78, 5) is 11.8. The molecule has 9 heteroatoms. The van der Waals surface area contributed by atoms with Gasteiger partial charge in [0.1, 0.15) is 12.2 Å². The first-order chi connectivity index (χ1) is 19.2. The fourth-order valence-electron chi connectivity index (χ4n) is 6.18. The van der Waals surface area contributed by atoms with Gasteiger partial charge in [0.2, 0.25) is 5.95 Å². The molecule has 1 aromatic heterocycles. The van der Waals surface area contributed by atoms with Gasteiger partial charge in [0.25, 0.3) is 0 Å². The van der Waals surface area contributed by atoms with E-state index in [0.717, 1.165) is 36.9 Å². The molecule has 1 aliphatic heterocycles. The molecule has 0 spiro atoms. The first kappa shape index (κ1) is 27.3. The lowest BCUT2D eigenvalue weighted by Gasteiger charge is -2.25. The summed E-state index contributed by atoms with van der Waals surface area (Å²) in [5, 5.41) is 17.4. The number of benzene rings is 2. The van der Waals surface area contributed by atoms with E-state index in [9.17, 15) is 9.83 Å². The van der Waals surface area contributed by atoms with Crippen LogP contribution in [0.3, 0.4) is 0 Å². The summed E-state index contributed by atoms with van der Waals surface area (Å²) in [7, 11) is -2.66. The second-order valence-corrected chi connectivity index (χ2v) is 15.5. The highest BCUT2D eigenvalue weighted by atomic mass is 35.5. The maximum absolute atomic E-state index is 13.2. The van der Waals surface area contributed by atoms with Gasteiger partial charge in [-0.15, -0.1) is 0 Å². The molecule has 1 atom stereocenters. The fourth-order valence-corrected chi connectivity index (χ4v) is 7.48. The number of aryl methyl sites for hydroxylation is 2. The molecule has 0 radical (unpaired) electrons. The van der Waals surface area contributed by atoms with E-state index in [0.29, 0.717) is 33.8 Å². The first-order valence-electron chi connectivity index (χ1n) is 14.3. The van der Waals surface area contributed by atoms with Gasteiger partial charge in [-0.3, -0.25) is 0 Å². The topological polar surface area (TPSA) is 93.9 Å². The van der Waals surface area contributed by atoms with E-state index in [-0.39, 0.29) is 0 Å². The Morgan fingerprint density at radius 3 is 2.50 bits per heavy atom. The van der Waals surface area contributed by atoms with E-state index in [1.165, 1.54) is 49.9 Å². The molecule has 40 heavy (non-hydrogen) atoms. The van der Waals surface area contributed by atoms with E-state index in [4.69, 9.17) is 11.6 Å². The molecule has 6 rings (SSSR count). The van der Waals surface area contributed by atoms with Crippen LogP contribution in [0.15, 0.2) is 42.6 Å². The number of hydrogen-bond acceptors (Lipinski definition) is 7. The summed E-state index contributed by atoms with van der Waals surface area (Å²) < 4.78 is 13.2. The number of likely N-dealkylation sites (tertiary alicyclic amines) is 1. The number of anilines is 4. The molecule has 7 nitrogen and oxygen atoms in total. The van der Waals surface area contributed by atoms with Crippen molar-refractivity contribution in [1.29, 1.82) is 5.26 Å². The number of nitrogens with zero attached hydrogens (tertiary/aromatic N) is 4. The second-order valence-electron chi connectivity index (χ2n) is 11.9. The Balaban J connectivity index is 1.21. The highest BCUT2D eigenvalue weighted by molar-refractivity contribution is 7.70. The fraction of sp³-hybridized carbons (Fsp3) is 0.452. The normalized spacial score (nSPS) is 20.3. The second kappa shape index (κ2) is 10.8. The molecule has 1 saturated heterocycles. The Morgan fingerprint density at radius 2 is 1.80 bits per heavy atom. The first-order valence-corrected chi connectivity index (χ1v) is 17.3. The van der Waals surface area contributed by atoms with E-state index < -0.39 is 12.6 Å². The molecule has 3 aliphatic rings. The van der Waals surface area contributed by atoms with Gasteiger partial charge in [-0.05, 0) is 119 Å². The molecule has 1 unspecified atom stereocenters. The predicted molar refractivity (Wildman–Crippen MR) is 163 cm³/mol. The molecule has 2 fully saturated rings. The molecule has 0 bridgehead atoms. The Hall–Kier alpha value is -2.91. The number of halogens is 1. The Bertz CT molecular complexity index is 1520. The van der Waals surface area contributed by atoms with Gasteiger partial charge in [-0.25, -0.2) is 4.98 Å². The van der Waals surface area contributed by atoms with Crippen molar-refractivity contribution in [2.75, 3.05) is 37.1 Å². The summed E-state index contributed by atoms with van der Waals surface area (Å²) in [6, 6.07) is 15.4. The van der Waals surface area contributed by atoms with Crippen LogP contribution in [-0.2, 0) is 22.8 Å². The number of rotatable bonds is 7.